The van der Waals surface area contributed by atoms with Gasteiger partial charge in [0.1, 0.15) is 0 Å². The molecular formula is C18H27N5O2. The Kier molecular flexibility index (Phi) is 5.20. The summed E-state index contributed by atoms with van der Waals surface area (Å²) < 4.78 is 7.27. The third kappa shape index (κ3) is 4.08. The smallest absolute Gasteiger partial charge is 0.257 e. The minimum Gasteiger partial charge on any atom is -0.339 e. The maximum atomic E-state index is 12.8. The zero-order valence-corrected chi connectivity index (χ0v) is 15.5. The third-order valence-electron chi connectivity index (χ3n) is 4.51. The highest BCUT2D eigenvalue weighted by Gasteiger charge is 2.29. The van der Waals surface area contributed by atoms with Crippen molar-refractivity contribution < 1.29 is 9.32 Å². The summed E-state index contributed by atoms with van der Waals surface area (Å²) in [7, 11) is 0. The summed E-state index contributed by atoms with van der Waals surface area (Å²) in [6, 6.07) is 0.244. The molecule has 1 aliphatic heterocycles. The number of aromatic nitrogens is 4. The van der Waals surface area contributed by atoms with Crippen LogP contribution in [0.3, 0.4) is 0 Å². The Morgan fingerprint density at radius 1 is 1.36 bits per heavy atom. The van der Waals surface area contributed by atoms with Gasteiger partial charge in [-0.1, -0.05) is 19.0 Å². The number of carbonyl (C=O) groups is 1. The molecule has 0 radical (unpaired) electrons. The van der Waals surface area contributed by atoms with Crippen LogP contribution in [-0.4, -0.2) is 43.8 Å². The molecule has 0 N–H and O–H groups in total. The van der Waals surface area contributed by atoms with Crippen molar-refractivity contribution in [1.82, 2.24) is 24.8 Å². The Morgan fingerprint density at radius 2 is 2.16 bits per heavy atom. The Balaban J connectivity index is 1.67. The van der Waals surface area contributed by atoms with Crippen LogP contribution >= 0.6 is 0 Å². The minimum atomic E-state index is 0.0264. The lowest BCUT2D eigenvalue weighted by atomic mass is 9.97. The third-order valence-corrected chi connectivity index (χ3v) is 4.51. The maximum absolute atomic E-state index is 12.8. The van der Waals surface area contributed by atoms with Gasteiger partial charge in [-0.3, -0.25) is 9.48 Å². The Bertz CT molecular complexity index is 719. The van der Waals surface area contributed by atoms with E-state index in [4.69, 9.17) is 4.52 Å². The van der Waals surface area contributed by atoms with Crippen LogP contribution in [0.4, 0.5) is 0 Å². The number of hydrogen-bond donors (Lipinski definition) is 0. The first kappa shape index (κ1) is 17.6. The molecule has 1 saturated heterocycles. The molecule has 136 valence electrons. The second kappa shape index (κ2) is 7.37. The van der Waals surface area contributed by atoms with Gasteiger partial charge in [0.05, 0.1) is 17.7 Å². The summed E-state index contributed by atoms with van der Waals surface area (Å²) in [5.41, 5.74) is 0.639. The summed E-state index contributed by atoms with van der Waals surface area (Å²) in [6.45, 7) is 9.73. The topological polar surface area (TPSA) is 77.0 Å². The molecule has 3 rings (SSSR count). The van der Waals surface area contributed by atoms with Crippen molar-refractivity contribution in [3.63, 3.8) is 0 Å². The van der Waals surface area contributed by atoms with Gasteiger partial charge in [0.15, 0.2) is 5.82 Å². The van der Waals surface area contributed by atoms with E-state index >= 15 is 0 Å². The molecule has 0 unspecified atom stereocenters. The lowest BCUT2D eigenvalue weighted by molar-refractivity contribution is 0.0695. The van der Waals surface area contributed by atoms with Crippen molar-refractivity contribution in [1.29, 1.82) is 0 Å². The van der Waals surface area contributed by atoms with Crippen LogP contribution in [0.15, 0.2) is 16.9 Å². The SMILES string of the molecule is CC(C)Cc1noc([C@@H]2CCCN(C(=O)c3cnn(C(C)C)c3)C2)n1. The van der Waals surface area contributed by atoms with Crippen LogP contribution in [0.25, 0.3) is 0 Å². The fourth-order valence-electron chi connectivity index (χ4n) is 3.16. The van der Waals surface area contributed by atoms with E-state index in [0.717, 1.165) is 31.6 Å². The Morgan fingerprint density at radius 3 is 2.84 bits per heavy atom. The average Bonchev–Trinajstić information content (AvgIpc) is 3.23. The largest absolute Gasteiger partial charge is 0.339 e. The predicted octanol–water partition coefficient (Wildman–Crippen LogP) is 3.07. The summed E-state index contributed by atoms with van der Waals surface area (Å²) in [5, 5.41) is 8.35. The molecule has 0 saturated carbocycles. The quantitative estimate of drug-likeness (QED) is 0.832. The van der Waals surface area contributed by atoms with Crippen molar-refractivity contribution in [2.24, 2.45) is 5.92 Å². The molecule has 25 heavy (non-hydrogen) atoms. The highest BCUT2D eigenvalue weighted by molar-refractivity contribution is 5.93. The van der Waals surface area contributed by atoms with Crippen LogP contribution in [-0.2, 0) is 6.42 Å². The maximum Gasteiger partial charge on any atom is 0.257 e. The Labute approximate surface area is 148 Å². The molecular weight excluding hydrogens is 318 g/mol. The van der Waals surface area contributed by atoms with Gasteiger partial charge in [-0.15, -0.1) is 0 Å². The van der Waals surface area contributed by atoms with Crippen LogP contribution in [0, 0.1) is 5.92 Å². The number of carbonyl (C=O) groups excluding carboxylic acids is 1. The van der Waals surface area contributed by atoms with Crippen molar-refractivity contribution in [3.8, 4) is 0 Å². The normalized spacial score (nSPS) is 18.3. The molecule has 3 heterocycles. The lowest BCUT2D eigenvalue weighted by Gasteiger charge is -2.30. The number of piperidine rings is 1. The summed E-state index contributed by atoms with van der Waals surface area (Å²) >= 11 is 0. The lowest BCUT2D eigenvalue weighted by Crippen LogP contribution is -2.39. The van der Waals surface area contributed by atoms with E-state index in [9.17, 15) is 4.79 Å². The molecule has 1 amide bonds. The molecule has 1 atom stereocenters. The first-order chi connectivity index (χ1) is 11.9. The molecule has 2 aromatic heterocycles. The fourth-order valence-corrected chi connectivity index (χ4v) is 3.16. The zero-order valence-electron chi connectivity index (χ0n) is 15.5. The molecule has 0 spiro atoms. The standard InChI is InChI=1S/C18H27N5O2/c1-12(2)8-16-20-17(25-21-16)14-6-5-7-22(10-14)18(24)15-9-19-23(11-15)13(3)4/h9,11-14H,5-8,10H2,1-4H3/t14-/m1/s1. The number of amides is 1. The second-order valence-corrected chi connectivity index (χ2v) is 7.54. The van der Waals surface area contributed by atoms with Crippen molar-refractivity contribution in [3.05, 3.63) is 29.7 Å². The Hall–Kier alpha value is -2.18. The van der Waals surface area contributed by atoms with Crippen LogP contribution in [0.5, 0.6) is 0 Å². The van der Waals surface area contributed by atoms with Gasteiger partial charge in [0, 0.05) is 31.7 Å². The fraction of sp³-hybridized carbons (Fsp3) is 0.667. The van der Waals surface area contributed by atoms with Crippen molar-refractivity contribution >= 4 is 5.91 Å². The van der Waals surface area contributed by atoms with Crippen molar-refractivity contribution in [2.75, 3.05) is 13.1 Å². The van der Waals surface area contributed by atoms with E-state index in [1.54, 1.807) is 6.20 Å². The summed E-state index contributed by atoms with van der Waals surface area (Å²) in [5.74, 6) is 2.05. The van der Waals surface area contributed by atoms with Gasteiger partial charge in [0.25, 0.3) is 5.91 Å². The molecule has 0 aliphatic carbocycles. The van der Waals surface area contributed by atoms with E-state index < -0.39 is 0 Å². The second-order valence-electron chi connectivity index (χ2n) is 7.54. The first-order valence-electron chi connectivity index (χ1n) is 9.10. The van der Waals surface area contributed by atoms with E-state index in [0.29, 0.717) is 23.9 Å². The summed E-state index contributed by atoms with van der Waals surface area (Å²) in [6.07, 6.45) is 6.20. The zero-order chi connectivity index (χ0) is 18.0. The van der Waals surface area contributed by atoms with Crippen LogP contribution in [0.2, 0.25) is 0 Å². The highest BCUT2D eigenvalue weighted by atomic mass is 16.5. The van der Waals surface area contributed by atoms with Gasteiger partial charge < -0.3 is 9.42 Å². The minimum absolute atomic E-state index is 0.0264. The van der Waals surface area contributed by atoms with Gasteiger partial charge in [0.2, 0.25) is 5.89 Å². The number of nitrogens with zero attached hydrogens (tertiary/aromatic N) is 5. The van der Waals surface area contributed by atoms with Crippen molar-refractivity contribution in [2.45, 2.75) is 58.9 Å². The molecule has 2 aromatic rings. The molecule has 1 aliphatic rings. The highest BCUT2D eigenvalue weighted by Crippen LogP contribution is 2.27. The molecule has 0 bridgehead atoms. The predicted molar refractivity (Wildman–Crippen MR) is 93.3 cm³/mol. The molecule has 0 aromatic carbocycles. The molecule has 7 nitrogen and oxygen atoms in total. The molecule has 1 fully saturated rings. The van der Waals surface area contributed by atoms with Crippen LogP contribution in [0.1, 0.15) is 74.6 Å². The number of hydrogen-bond acceptors (Lipinski definition) is 5. The molecule has 7 heteroatoms. The van der Waals surface area contributed by atoms with Crippen LogP contribution < -0.4 is 0 Å². The van der Waals surface area contributed by atoms with Gasteiger partial charge in [-0.05, 0) is 32.6 Å². The number of rotatable bonds is 5. The van der Waals surface area contributed by atoms with Gasteiger partial charge in [-0.25, -0.2) is 0 Å². The average molecular weight is 345 g/mol. The summed E-state index contributed by atoms with van der Waals surface area (Å²) in [4.78, 5) is 19.2. The number of likely N-dealkylation sites (tertiary alicyclic amines) is 1. The van der Waals surface area contributed by atoms with E-state index in [-0.39, 0.29) is 17.9 Å². The van der Waals surface area contributed by atoms with E-state index in [1.165, 1.54) is 0 Å². The van der Waals surface area contributed by atoms with E-state index in [2.05, 4.69) is 29.1 Å². The van der Waals surface area contributed by atoms with Gasteiger partial charge >= 0.3 is 0 Å². The monoisotopic (exact) mass is 345 g/mol. The van der Waals surface area contributed by atoms with Gasteiger partial charge in [-0.2, -0.15) is 10.1 Å². The van der Waals surface area contributed by atoms with E-state index in [1.807, 2.05) is 29.6 Å². The first-order valence-corrected chi connectivity index (χ1v) is 9.10.